The van der Waals surface area contributed by atoms with Gasteiger partial charge in [0.15, 0.2) is 5.13 Å². The molecule has 138 valence electrons. The summed E-state index contributed by atoms with van der Waals surface area (Å²) >= 11 is 4.97. The van der Waals surface area contributed by atoms with Gasteiger partial charge < -0.3 is 5.32 Å². The number of hydrogen-bond donors (Lipinski definition) is 1. The molecule has 0 aliphatic heterocycles. The first kappa shape index (κ1) is 18.4. The van der Waals surface area contributed by atoms with Crippen molar-refractivity contribution in [3.63, 3.8) is 0 Å². The van der Waals surface area contributed by atoms with Crippen LogP contribution in [0.3, 0.4) is 0 Å². The molecule has 0 aliphatic rings. The molecule has 0 radical (unpaired) electrons. The number of benzene rings is 2. The van der Waals surface area contributed by atoms with Crippen LogP contribution >= 0.6 is 34.4 Å². The molecule has 4 rings (SSSR count). The van der Waals surface area contributed by atoms with Crippen molar-refractivity contribution in [1.82, 2.24) is 9.97 Å². The van der Waals surface area contributed by atoms with Crippen LogP contribution in [0.4, 0.5) is 5.13 Å². The fourth-order valence-electron chi connectivity index (χ4n) is 2.78. The Hall–Kier alpha value is -1.96. The van der Waals surface area contributed by atoms with Crippen molar-refractivity contribution in [2.45, 2.75) is 31.6 Å². The van der Waals surface area contributed by atoms with E-state index in [1.165, 1.54) is 21.8 Å². The van der Waals surface area contributed by atoms with Crippen LogP contribution in [0, 0.1) is 13.8 Å². The number of thiazole rings is 2. The number of thioether (sulfide) groups is 1. The average Bonchev–Trinajstić information content (AvgIpc) is 3.22. The van der Waals surface area contributed by atoms with E-state index in [0.717, 1.165) is 37.6 Å². The molecule has 4 aromatic rings. The maximum absolute atomic E-state index is 12.2. The maximum atomic E-state index is 12.2. The Labute approximate surface area is 170 Å². The lowest BCUT2D eigenvalue weighted by Crippen LogP contribution is -2.11. The van der Waals surface area contributed by atoms with E-state index in [1.54, 1.807) is 23.1 Å². The van der Waals surface area contributed by atoms with Gasteiger partial charge in [-0.3, -0.25) is 4.79 Å². The summed E-state index contributed by atoms with van der Waals surface area (Å²) in [5.41, 5.74) is 3.14. The van der Waals surface area contributed by atoms with Gasteiger partial charge in [0.25, 0.3) is 0 Å². The molecule has 0 atom stereocenters. The zero-order chi connectivity index (χ0) is 18.8. The Morgan fingerprint density at radius 2 is 1.89 bits per heavy atom. The SMILES string of the molecule is Cc1ccc(SCCCC(=O)Nc2nc3ccc4sc(C)nc4c3s2)cc1. The van der Waals surface area contributed by atoms with Gasteiger partial charge in [0, 0.05) is 11.3 Å². The maximum Gasteiger partial charge on any atom is 0.226 e. The second-order valence-corrected chi connectivity index (χ2v) is 9.73. The molecule has 0 fully saturated rings. The Morgan fingerprint density at radius 3 is 2.70 bits per heavy atom. The van der Waals surface area contributed by atoms with Crippen LogP contribution in [-0.4, -0.2) is 21.6 Å². The summed E-state index contributed by atoms with van der Waals surface area (Å²) in [6, 6.07) is 12.5. The number of nitrogens with zero attached hydrogens (tertiary/aromatic N) is 2. The first-order valence-electron chi connectivity index (χ1n) is 8.74. The van der Waals surface area contributed by atoms with Gasteiger partial charge in [0.05, 0.1) is 19.9 Å². The molecular weight excluding hydrogens is 394 g/mol. The summed E-state index contributed by atoms with van der Waals surface area (Å²) in [6.45, 7) is 4.09. The van der Waals surface area contributed by atoms with Gasteiger partial charge >= 0.3 is 0 Å². The monoisotopic (exact) mass is 413 g/mol. The summed E-state index contributed by atoms with van der Waals surface area (Å²) < 4.78 is 2.21. The van der Waals surface area contributed by atoms with Gasteiger partial charge in [-0.2, -0.15) is 0 Å². The van der Waals surface area contributed by atoms with E-state index < -0.39 is 0 Å². The molecule has 0 bridgehead atoms. The Morgan fingerprint density at radius 1 is 1.07 bits per heavy atom. The van der Waals surface area contributed by atoms with E-state index >= 15 is 0 Å². The number of nitrogens with one attached hydrogen (secondary N) is 1. The standard InChI is InChI=1S/C20H19N3OS3/c1-12-5-7-14(8-6-12)25-11-3-4-17(24)23-20-22-15-9-10-16-18(19(15)27-20)21-13(2)26-16/h5-10H,3-4,11H2,1-2H3,(H,22,23,24). The summed E-state index contributed by atoms with van der Waals surface area (Å²) in [7, 11) is 0. The normalized spacial score (nSPS) is 11.3. The third-order valence-electron chi connectivity index (χ3n) is 4.11. The zero-order valence-electron chi connectivity index (χ0n) is 15.1. The van der Waals surface area contributed by atoms with Crippen LogP contribution in [0.25, 0.3) is 20.4 Å². The fraction of sp³-hybridized carbons (Fsp3) is 0.250. The van der Waals surface area contributed by atoms with Crippen LogP contribution in [-0.2, 0) is 4.79 Å². The van der Waals surface area contributed by atoms with E-state index in [0.29, 0.717) is 11.6 Å². The van der Waals surface area contributed by atoms with Crippen molar-refractivity contribution in [1.29, 1.82) is 0 Å². The molecule has 0 saturated carbocycles. The lowest BCUT2D eigenvalue weighted by molar-refractivity contribution is -0.116. The molecule has 0 spiro atoms. The summed E-state index contributed by atoms with van der Waals surface area (Å²) in [4.78, 5) is 22.6. The summed E-state index contributed by atoms with van der Waals surface area (Å²) in [5.74, 6) is 0.943. The van der Waals surface area contributed by atoms with Crippen LogP contribution in [0.5, 0.6) is 0 Å². The van der Waals surface area contributed by atoms with E-state index in [1.807, 2.05) is 13.0 Å². The van der Waals surface area contributed by atoms with Gasteiger partial charge in [0.2, 0.25) is 5.91 Å². The first-order valence-corrected chi connectivity index (χ1v) is 11.4. The third kappa shape index (κ3) is 4.31. The molecule has 7 heteroatoms. The quantitative estimate of drug-likeness (QED) is 0.309. The van der Waals surface area contributed by atoms with Crippen molar-refractivity contribution < 1.29 is 4.79 Å². The molecule has 1 N–H and O–H groups in total. The molecule has 2 heterocycles. The fourth-order valence-corrected chi connectivity index (χ4v) is 5.51. The molecule has 4 nitrogen and oxygen atoms in total. The number of aromatic nitrogens is 2. The number of anilines is 1. The highest BCUT2D eigenvalue weighted by atomic mass is 32.2. The molecule has 0 unspecified atom stereocenters. The smallest absolute Gasteiger partial charge is 0.226 e. The number of rotatable bonds is 6. The predicted molar refractivity (Wildman–Crippen MR) is 117 cm³/mol. The number of amides is 1. The molecular formula is C20H19N3OS3. The van der Waals surface area contributed by atoms with Crippen molar-refractivity contribution in [2.75, 3.05) is 11.1 Å². The van der Waals surface area contributed by atoms with Gasteiger partial charge in [0.1, 0.15) is 5.52 Å². The molecule has 1 amide bonds. The topological polar surface area (TPSA) is 54.9 Å². The van der Waals surface area contributed by atoms with Crippen LogP contribution < -0.4 is 5.32 Å². The molecule has 0 saturated heterocycles. The predicted octanol–water partition coefficient (Wildman–Crippen LogP) is 6.03. The van der Waals surface area contributed by atoms with Crippen molar-refractivity contribution in [3.05, 3.63) is 47.0 Å². The van der Waals surface area contributed by atoms with Gasteiger partial charge in [-0.1, -0.05) is 29.0 Å². The Bertz CT molecular complexity index is 1100. The minimum absolute atomic E-state index is 0.0178. The molecule has 2 aromatic heterocycles. The number of hydrogen-bond acceptors (Lipinski definition) is 6. The van der Waals surface area contributed by atoms with Gasteiger partial charge in [-0.25, -0.2) is 9.97 Å². The number of aryl methyl sites for hydroxylation is 2. The van der Waals surface area contributed by atoms with Gasteiger partial charge in [-0.15, -0.1) is 23.1 Å². The van der Waals surface area contributed by atoms with Crippen molar-refractivity contribution >= 4 is 65.9 Å². The van der Waals surface area contributed by atoms with E-state index in [-0.39, 0.29) is 5.91 Å². The summed E-state index contributed by atoms with van der Waals surface area (Å²) in [6.07, 6.45) is 1.34. The number of carbonyl (C=O) groups excluding carboxylic acids is 1. The number of carbonyl (C=O) groups is 1. The van der Waals surface area contributed by atoms with E-state index in [4.69, 9.17) is 0 Å². The second-order valence-electron chi connectivity index (χ2n) is 6.33. The number of fused-ring (bicyclic) bond motifs is 3. The highest BCUT2D eigenvalue weighted by molar-refractivity contribution is 7.99. The summed E-state index contributed by atoms with van der Waals surface area (Å²) in [5, 5.41) is 4.64. The van der Waals surface area contributed by atoms with Crippen molar-refractivity contribution in [3.8, 4) is 0 Å². The van der Waals surface area contributed by atoms with E-state index in [2.05, 4.69) is 52.5 Å². The second kappa shape index (κ2) is 7.96. The van der Waals surface area contributed by atoms with E-state index in [9.17, 15) is 4.79 Å². The van der Waals surface area contributed by atoms with Gasteiger partial charge in [-0.05, 0) is 50.3 Å². The minimum atomic E-state index is 0.0178. The van der Waals surface area contributed by atoms with Crippen LogP contribution in [0.2, 0.25) is 0 Å². The highest BCUT2D eigenvalue weighted by Gasteiger charge is 2.12. The lowest BCUT2D eigenvalue weighted by atomic mass is 10.2. The first-order chi connectivity index (χ1) is 13.1. The largest absolute Gasteiger partial charge is 0.302 e. The molecule has 27 heavy (non-hydrogen) atoms. The highest BCUT2D eigenvalue weighted by Crippen LogP contribution is 2.34. The Balaban J connectivity index is 1.33. The van der Waals surface area contributed by atoms with Crippen LogP contribution in [0.15, 0.2) is 41.3 Å². The molecule has 2 aromatic carbocycles. The van der Waals surface area contributed by atoms with Crippen molar-refractivity contribution in [2.24, 2.45) is 0 Å². The zero-order valence-corrected chi connectivity index (χ0v) is 17.6. The third-order valence-corrected chi connectivity index (χ3v) is 7.13. The van der Waals surface area contributed by atoms with Crippen LogP contribution in [0.1, 0.15) is 23.4 Å². The average molecular weight is 414 g/mol. The molecule has 0 aliphatic carbocycles. The minimum Gasteiger partial charge on any atom is -0.302 e. The lowest BCUT2D eigenvalue weighted by Gasteiger charge is -2.03. The Kier molecular flexibility index (Phi) is 5.43.